The second-order valence-corrected chi connectivity index (χ2v) is 7.73. The van der Waals surface area contributed by atoms with Crippen LogP contribution in [0.5, 0.6) is 11.5 Å². The van der Waals surface area contributed by atoms with Crippen LogP contribution in [0.2, 0.25) is 0 Å². The Morgan fingerprint density at radius 1 is 0.818 bits per heavy atom. The molecule has 1 heterocycles. The Hall–Kier alpha value is -3.99. The van der Waals surface area contributed by atoms with E-state index in [0.717, 1.165) is 51.0 Å². The largest absolute Gasteiger partial charge is 0.497 e. The van der Waals surface area contributed by atoms with Crippen molar-refractivity contribution in [3.63, 3.8) is 0 Å². The van der Waals surface area contributed by atoms with Crippen LogP contribution in [0, 0.1) is 6.92 Å². The average molecular weight is 441 g/mol. The minimum absolute atomic E-state index is 0.371. The Bertz CT molecular complexity index is 1260. The van der Waals surface area contributed by atoms with Crippen LogP contribution in [0.4, 0.5) is 0 Å². The van der Waals surface area contributed by atoms with Crippen molar-refractivity contribution in [2.75, 3.05) is 14.2 Å². The van der Waals surface area contributed by atoms with E-state index in [2.05, 4.69) is 40.9 Å². The molecule has 0 aliphatic carbocycles. The van der Waals surface area contributed by atoms with Crippen LogP contribution < -0.4 is 9.47 Å². The summed E-state index contributed by atoms with van der Waals surface area (Å²) in [5, 5.41) is 4.42. The maximum Gasteiger partial charge on any atom is 0.142 e. The lowest BCUT2D eigenvalue weighted by atomic mass is 10.1. The highest BCUT2D eigenvalue weighted by molar-refractivity contribution is 6.01. The maximum atomic E-state index is 5.69. The summed E-state index contributed by atoms with van der Waals surface area (Å²) in [6, 6.07) is 28.4. The van der Waals surface area contributed by atoms with Crippen molar-refractivity contribution in [2.45, 2.75) is 20.5 Å². The van der Waals surface area contributed by atoms with E-state index in [1.165, 1.54) is 0 Å². The van der Waals surface area contributed by atoms with Gasteiger partial charge in [0.15, 0.2) is 0 Å². The van der Waals surface area contributed by atoms with Gasteiger partial charge in [-0.3, -0.25) is 0 Å². The molecule has 0 aliphatic rings. The predicted molar refractivity (Wildman–Crippen MR) is 132 cm³/mol. The zero-order valence-electron chi connectivity index (χ0n) is 19.4. The molecule has 0 N–H and O–H groups in total. The lowest BCUT2D eigenvalue weighted by molar-refractivity contribution is 0.130. The highest BCUT2D eigenvalue weighted by Gasteiger charge is 2.17. The normalized spacial score (nSPS) is 11.3. The average Bonchev–Trinajstić information content (AvgIpc) is 3.21. The lowest BCUT2D eigenvalue weighted by Gasteiger charge is -2.13. The van der Waals surface area contributed by atoms with Gasteiger partial charge in [0, 0.05) is 23.0 Å². The zero-order valence-corrected chi connectivity index (χ0v) is 19.4. The Labute approximate surface area is 194 Å². The van der Waals surface area contributed by atoms with E-state index in [1.54, 1.807) is 14.2 Å². The van der Waals surface area contributed by atoms with Crippen molar-refractivity contribution in [1.82, 2.24) is 4.57 Å². The molecule has 5 heteroatoms. The first-order valence-corrected chi connectivity index (χ1v) is 10.8. The molecule has 0 aliphatic heterocycles. The minimum atomic E-state index is 0.371. The molecular weight excluding hydrogens is 412 g/mol. The van der Waals surface area contributed by atoms with Gasteiger partial charge in [-0.15, -0.1) is 0 Å². The summed E-state index contributed by atoms with van der Waals surface area (Å²) < 4.78 is 13.0. The second-order valence-electron chi connectivity index (χ2n) is 7.73. The van der Waals surface area contributed by atoms with Crippen molar-refractivity contribution >= 4 is 5.71 Å². The quantitative estimate of drug-likeness (QED) is 0.235. The van der Waals surface area contributed by atoms with E-state index < -0.39 is 0 Å². The third-order valence-corrected chi connectivity index (χ3v) is 5.58. The number of hydrogen-bond donors (Lipinski definition) is 0. The molecule has 3 aromatic carbocycles. The first kappa shape index (κ1) is 22.2. The van der Waals surface area contributed by atoms with Gasteiger partial charge < -0.3 is 18.9 Å². The number of nitrogens with zero attached hydrogens (tertiary/aromatic N) is 2. The van der Waals surface area contributed by atoms with Gasteiger partial charge in [0.2, 0.25) is 0 Å². The Morgan fingerprint density at radius 3 is 2.24 bits per heavy atom. The molecule has 0 saturated heterocycles. The molecule has 0 amide bonds. The van der Waals surface area contributed by atoms with Crippen molar-refractivity contribution in [2.24, 2.45) is 5.16 Å². The first-order valence-electron chi connectivity index (χ1n) is 10.8. The highest BCUT2D eigenvalue weighted by atomic mass is 16.6. The summed E-state index contributed by atoms with van der Waals surface area (Å²) in [4.78, 5) is 5.69. The van der Waals surface area contributed by atoms with E-state index in [0.29, 0.717) is 6.61 Å². The van der Waals surface area contributed by atoms with Crippen LogP contribution in [0.3, 0.4) is 0 Å². The van der Waals surface area contributed by atoms with Gasteiger partial charge >= 0.3 is 0 Å². The number of oxime groups is 1. The van der Waals surface area contributed by atoms with Crippen molar-refractivity contribution in [1.29, 1.82) is 0 Å². The van der Waals surface area contributed by atoms with E-state index in [1.807, 2.05) is 67.6 Å². The number of benzene rings is 3. The summed E-state index contributed by atoms with van der Waals surface area (Å²) in [5.41, 5.74) is 7.16. The minimum Gasteiger partial charge on any atom is -0.497 e. The molecule has 168 valence electrons. The first-order chi connectivity index (χ1) is 16.1. The van der Waals surface area contributed by atoms with Gasteiger partial charge in [-0.05, 0) is 55.3 Å². The van der Waals surface area contributed by atoms with Crippen LogP contribution in [-0.4, -0.2) is 24.5 Å². The van der Waals surface area contributed by atoms with Crippen molar-refractivity contribution < 1.29 is 14.3 Å². The molecule has 0 saturated carbocycles. The third-order valence-electron chi connectivity index (χ3n) is 5.58. The number of ether oxygens (including phenoxy) is 2. The van der Waals surface area contributed by atoms with Crippen LogP contribution in [0.1, 0.15) is 23.7 Å². The molecule has 4 aromatic rings. The molecule has 33 heavy (non-hydrogen) atoms. The molecule has 5 nitrogen and oxygen atoms in total. The van der Waals surface area contributed by atoms with Gasteiger partial charge in [0.25, 0.3) is 0 Å². The molecule has 0 radical (unpaired) electrons. The number of methoxy groups -OCH3 is 2. The van der Waals surface area contributed by atoms with Crippen LogP contribution >= 0.6 is 0 Å². The Kier molecular flexibility index (Phi) is 6.79. The summed E-state index contributed by atoms with van der Waals surface area (Å²) >= 11 is 0. The topological polar surface area (TPSA) is 45.0 Å². The third kappa shape index (κ3) is 4.93. The summed E-state index contributed by atoms with van der Waals surface area (Å²) in [5.74, 6) is 1.61. The molecule has 4 rings (SSSR count). The van der Waals surface area contributed by atoms with E-state index in [4.69, 9.17) is 14.3 Å². The van der Waals surface area contributed by atoms with E-state index in [9.17, 15) is 0 Å². The number of hydrogen-bond acceptors (Lipinski definition) is 4. The molecule has 1 aromatic heterocycles. The fraction of sp³-hybridized carbons (Fsp3) is 0.179. The molecule has 0 fully saturated rings. The summed E-state index contributed by atoms with van der Waals surface area (Å²) in [7, 11) is 3.34. The fourth-order valence-corrected chi connectivity index (χ4v) is 3.89. The predicted octanol–water partition coefficient (Wildman–Crippen LogP) is 6.41. The molecule has 0 atom stereocenters. The zero-order chi connectivity index (χ0) is 23.2. The molecule has 0 bridgehead atoms. The van der Waals surface area contributed by atoms with Gasteiger partial charge in [0.1, 0.15) is 18.1 Å². The second kappa shape index (κ2) is 10.1. The standard InChI is InChI=1S/C28H28N2O3/c1-20(29-33-19-22-10-8-14-25(16-22)31-3)27-18-28(23-11-6-5-7-12-23)30(21(27)2)24-13-9-15-26(17-24)32-4/h5-18H,19H2,1-4H3/b29-20-. The number of rotatable bonds is 8. The summed E-state index contributed by atoms with van der Waals surface area (Å²) in [6.07, 6.45) is 0. The van der Waals surface area contributed by atoms with Crippen molar-refractivity contribution in [3.8, 4) is 28.4 Å². The smallest absolute Gasteiger partial charge is 0.142 e. The van der Waals surface area contributed by atoms with Gasteiger partial charge in [0.05, 0.1) is 25.6 Å². The van der Waals surface area contributed by atoms with Crippen LogP contribution in [0.15, 0.2) is 90.1 Å². The van der Waals surface area contributed by atoms with Crippen molar-refractivity contribution in [3.05, 3.63) is 102 Å². The number of aromatic nitrogens is 1. The highest BCUT2D eigenvalue weighted by Crippen LogP contribution is 2.31. The van der Waals surface area contributed by atoms with E-state index in [-0.39, 0.29) is 0 Å². The summed E-state index contributed by atoms with van der Waals surface area (Å²) in [6.45, 7) is 4.44. The van der Waals surface area contributed by atoms with Gasteiger partial charge in [-0.2, -0.15) is 0 Å². The SMILES string of the molecule is COc1cccc(CO/N=C(/C)c2cc(-c3ccccc3)n(-c3cccc(OC)c3)c2C)c1. The fourth-order valence-electron chi connectivity index (χ4n) is 3.89. The maximum absolute atomic E-state index is 5.69. The Balaban J connectivity index is 1.69. The molecule has 0 unspecified atom stereocenters. The molecule has 0 spiro atoms. The van der Waals surface area contributed by atoms with Crippen LogP contribution in [0.25, 0.3) is 16.9 Å². The van der Waals surface area contributed by atoms with Gasteiger partial charge in [-0.25, -0.2) is 0 Å². The van der Waals surface area contributed by atoms with E-state index >= 15 is 0 Å². The van der Waals surface area contributed by atoms with Crippen LogP contribution in [-0.2, 0) is 11.4 Å². The monoisotopic (exact) mass is 440 g/mol. The molecular formula is C28H28N2O3. The van der Waals surface area contributed by atoms with Gasteiger partial charge in [-0.1, -0.05) is 53.7 Å². The lowest BCUT2D eigenvalue weighted by Crippen LogP contribution is -2.03. The Morgan fingerprint density at radius 2 is 1.52 bits per heavy atom.